The first kappa shape index (κ1) is 65.6. The van der Waals surface area contributed by atoms with Crippen LogP contribution in [0.1, 0.15) is 144 Å². The Hall–Kier alpha value is -5.40. The van der Waals surface area contributed by atoms with E-state index in [1.807, 2.05) is 199 Å². The molecule has 4 aromatic carbocycles. The number of hydrogen-bond acceptors (Lipinski definition) is 12. The molecule has 0 aliphatic heterocycles. The molecule has 0 aliphatic rings. The van der Waals surface area contributed by atoms with Crippen molar-refractivity contribution in [1.82, 2.24) is 0 Å². The van der Waals surface area contributed by atoms with Crippen molar-refractivity contribution in [3.05, 3.63) is 144 Å². The Morgan fingerprint density at radius 1 is 0.370 bits per heavy atom. The van der Waals surface area contributed by atoms with Crippen LogP contribution in [-0.4, -0.2) is 99.1 Å². The second-order valence-electron chi connectivity index (χ2n) is 21.2. The van der Waals surface area contributed by atoms with E-state index in [4.69, 9.17) is 37.9 Å². The molecule has 4 aromatic rings. The van der Waals surface area contributed by atoms with E-state index in [9.17, 15) is 19.2 Å². The zero-order chi connectivity index (χ0) is 54.6. The molecule has 0 aromatic heterocycles. The molecule has 1 atom stereocenters. The summed E-state index contributed by atoms with van der Waals surface area (Å²) in [6, 6.07) is 39.6. The fourth-order valence-electron chi connectivity index (χ4n) is 6.15. The van der Waals surface area contributed by atoms with Crippen LogP contribution >= 0.6 is 0 Å². The van der Waals surface area contributed by atoms with Gasteiger partial charge in [-0.25, -0.2) is 0 Å². The van der Waals surface area contributed by atoms with Gasteiger partial charge >= 0.3 is 23.9 Å². The van der Waals surface area contributed by atoms with Gasteiger partial charge in [0.15, 0.2) is 0 Å². The van der Waals surface area contributed by atoms with Crippen LogP contribution in [0.2, 0.25) is 0 Å². The Morgan fingerprint density at radius 2 is 0.685 bits per heavy atom. The van der Waals surface area contributed by atoms with Gasteiger partial charge in [0.2, 0.25) is 0 Å². The third-order valence-electron chi connectivity index (χ3n) is 9.71. The van der Waals surface area contributed by atoms with Crippen LogP contribution in [-0.2, 0) is 76.3 Å². The Morgan fingerprint density at radius 3 is 1.07 bits per heavy atom. The first-order valence-electron chi connectivity index (χ1n) is 25.7. The van der Waals surface area contributed by atoms with Gasteiger partial charge in [0.25, 0.3) is 0 Å². The minimum absolute atomic E-state index is 0.145. The fraction of sp³-hybridized carbons (Fsp3) is 0.541. The summed E-state index contributed by atoms with van der Waals surface area (Å²) in [4.78, 5) is 46.1. The molecular weight excluding hydrogens is 925 g/mol. The first-order valence-corrected chi connectivity index (χ1v) is 25.7. The van der Waals surface area contributed by atoms with E-state index in [2.05, 4.69) is 12.1 Å². The first-order chi connectivity index (χ1) is 34.3. The maximum absolute atomic E-state index is 11.7. The average Bonchev–Trinajstić information content (AvgIpc) is 3.32. The summed E-state index contributed by atoms with van der Waals surface area (Å²) in [6.07, 6.45) is 4.05. The van der Waals surface area contributed by atoms with E-state index >= 15 is 0 Å². The predicted molar refractivity (Wildman–Crippen MR) is 290 cm³/mol. The van der Waals surface area contributed by atoms with Crippen LogP contribution in [0.3, 0.4) is 0 Å². The smallest absolute Gasteiger partial charge is 0.310 e. The van der Waals surface area contributed by atoms with E-state index in [-0.39, 0.29) is 52.2 Å². The summed E-state index contributed by atoms with van der Waals surface area (Å²) < 4.78 is 42.3. The topological polar surface area (TPSA) is 142 Å². The molecule has 0 fully saturated rings. The minimum Gasteiger partial charge on any atom is -0.463 e. The lowest BCUT2D eigenvalue weighted by Crippen LogP contribution is -2.23. The lowest BCUT2D eigenvalue weighted by molar-refractivity contribution is -0.147. The zero-order valence-corrected chi connectivity index (χ0v) is 46.6. The largest absolute Gasteiger partial charge is 0.463 e. The van der Waals surface area contributed by atoms with Crippen molar-refractivity contribution in [3.63, 3.8) is 0 Å². The molecule has 0 bridgehead atoms. The molecule has 12 heteroatoms. The maximum atomic E-state index is 11.7. The zero-order valence-electron chi connectivity index (χ0n) is 46.6. The standard InChI is InChI=1S/2C16H24O3.C15H22O3.C14H20O3/c1-13(14-8-6-5-7-9-14)12-15(17)18-10-11-19-16(2,3)4;1-16(2,3)19-13-12-18-15(17)11-7-10-14-8-5-4-6-9-14;1-15(2,3)18-12-11-17-14(16)10-9-13-7-5-4-6-8-13;1-14(2,3)17-10-9-16-13(15)11-12-7-5-4-6-8-12/h5-9,13H,10-12H2,1-4H3;4-6,8-9H,7,10-13H2,1-3H3;4-8H,9-12H2,1-3H3;4-8H,9-11H2,1-3H3. The lowest BCUT2D eigenvalue weighted by Gasteiger charge is -2.19. The van der Waals surface area contributed by atoms with E-state index in [0.717, 1.165) is 36.0 Å². The van der Waals surface area contributed by atoms with Crippen molar-refractivity contribution in [1.29, 1.82) is 0 Å². The summed E-state index contributed by atoms with van der Waals surface area (Å²) in [5, 5.41) is 0. The van der Waals surface area contributed by atoms with Gasteiger partial charge in [-0.3, -0.25) is 19.2 Å². The highest BCUT2D eigenvalue weighted by Gasteiger charge is 2.15. The van der Waals surface area contributed by atoms with Gasteiger partial charge < -0.3 is 37.9 Å². The lowest BCUT2D eigenvalue weighted by atomic mass is 9.98. The van der Waals surface area contributed by atoms with Gasteiger partial charge in [-0.1, -0.05) is 128 Å². The molecule has 1 unspecified atom stereocenters. The molecule has 406 valence electrons. The van der Waals surface area contributed by atoms with Gasteiger partial charge in [0.05, 0.1) is 61.7 Å². The molecule has 0 N–H and O–H groups in total. The van der Waals surface area contributed by atoms with Gasteiger partial charge in [-0.15, -0.1) is 0 Å². The molecule has 12 nitrogen and oxygen atoms in total. The number of hydrogen-bond donors (Lipinski definition) is 0. The van der Waals surface area contributed by atoms with Crippen molar-refractivity contribution >= 4 is 23.9 Å². The number of rotatable bonds is 24. The number of carbonyl (C=O) groups is 4. The monoisotopic (exact) mass is 1010 g/mol. The van der Waals surface area contributed by atoms with Crippen molar-refractivity contribution in [2.75, 3.05) is 52.9 Å². The molecule has 0 aliphatic carbocycles. The van der Waals surface area contributed by atoms with Crippen molar-refractivity contribution in [3.8, 4) is 0 Å². The number of aryl methyl sites for hydroxylation is 2. The summed E-state index contributed by atoms with van der Waals surface area (Å²) in [6.45, 7) is 28.8. The molecule has 73 heavy (non-hydrogen) atoms. The van der Waals surface area contributed by atoms with Crippen LogP contribution in [0.5, 0.6) is 0 Å². The summed E-state index contributed by atoms with van der Waals surface area (Å²) in [5.74, 6) is -0.524. The van der Waals surface area contributed by atoms with Gasteiger partial charge in [0.1, 0.15) is 26.4 Å². The number of benzene rings is 4. The number of carbonyl (C=O) groups excluding carboxylic acids is 4. The molecule has 0 radical (unpaired) electrons. The summed E-state index contributed by atoms with van der Waals surface area (Å²) >= 11 is 0. The van der Waals surface area contributed by atoms with E-state index in [1.165, 1.54) is 5.56 Å². The Bertz CT molecular complexity index is 2030. The summed E-state index contributed by atoms with van der Waals surface area (Å²) in [7, 11) is 0. The molecular formula is C61H90O12. The molecule has 0 spiro atoms. The number of esters is 4. The van der Waals surface area contributed by atoms with Crippen LogP contribution in [0, 0.1) is 0 Å². The van der Waals surface area contributed by atoms with E-state index in [1.54, 1.807) is 0 Å². The van der Waals surface area contributed by atoms with Crippen LogP contribution < -0.4 is 0 Å². The normalized spacial score (nSPS) is 11.7. The van der Waals surface area contributed by atoms with Gasteiger partial charge in [-0.05, 0) is 131 Å². The van der Waals surface area contributed by atoms with Crippen molar-refractivity contribution < 1.29 is 57.1 Å². The second-order valence-corrected chi connectivity index (χ2v) is 21.2. The second kappa shape index (κ2) is 36.5. The molecule has 0 saturated heterocycles. The average molecular weight is 1020 g/mol. The minimum atomic E-state index is -0.214. The molecule has 0 heterocycles. The highest BCUT2D eigenvalue weighted by molar-refractivity contribution is 5.72. The highest BCUT2D eigenvalue weighted by atomic mass is 16.6. The van der Waals surface area contributed by atoms with Crippen LogP contribution in [0.25, 0.3) is 0 Å². The van der Waals surface area contributed by atoms with Crippen molar-refractivity contribution in [2.24, 2.45) is 0 Å². The highest BCUT2D eigenvalue weighted by Crippen LogP contribution is 2.19. The van der Waals surface area contributed by atoms with E-state index in [0.29, 0.717) is 78.5 Å². The quantitative estimate of drug-likeness (QED) is 0.0374. The molecule has 0 saturated carbocycles. The summed E-state index contributed by atoms with van der Waals surface area (Å²) in [5.41, 5.74) is 3.79. The van der Waals surface area contributed by atoms with Crippen LogP contribution in [0.15, 0.2) is 121 Å². The Balaban J connectivity index is 0.000000487. The Labute approximate surface area is 439 Å². The fourth-order valence-corrected chi connectivity index (χ4v) is 6.15. The van der Waals surface area contributed by atoms with E-state index < -0.39 is 0 Å². The maximum Gasteiger partial charge on any atom is 0.310 e. The predicted octanol–water partition coefficient (Wildman–Crippen LogP) is 12.5. The molecule has 0 amide bonds. The van der Waals surface area contributed by atoms with Crippen LogP contribution in [0.4, 0.5) is 0 Å². The SMILES string of the molecule is CC(C)(C)OCCOC(=O)CCCc1ccccc1.CC(C)(C)OCCOC(=O)CCc1ccccc1.CC(C)(C)OCCOC(=O)Cc1ccccc1.CC(CC(=O)OCCOC(C)(C)C)c1ccccc1. The third kappa shape index (κ3) is 41.7. The third-order valence-corrected chi connectivity index (χ3v) is 9.71. The van der Waals surface area contributed by atoms with Crippen molar-refractivity contribution in [2.45, 2.75) is 163 Å². The van der Waals surface area contributed by atoms with Gasteiger partial charge in [-0.2, -0.15) is 0 Å². The number of ether oxygens (including phenoxy) is 8. The Kier molecular flexibility index (Phi) is 32.8. The van der Waals surface area contributed by atoms with Gasteiger partial charge in [0, 0.05) is 12.8 Å². The molecule has 4 rings (SSSR count).